The zero-order valence-electron chi connectivity index (χ0n) is 13.2. The first-order chi connectivity index (χ1) is 10.1. The first-order valence-electron chi connectivity index (χ1n) is 7.56. The van der Waals surface area contributed by atoms with Gasteiger partial charge in [0.2, 0.25) is 0 Å². The lowest BCUT2D eigenvalue weighted by Crippen LogP contribution is -2.29. The van der Waals surface area contributed by atoms with E-state index in [1.54, 1.807) is 0 Å². The lowest BCUT2D eigenvalue weighted by Gasteiger charge is -2.19. The lowest BCUT2D eigenvalue weighted by molar-refractivity contribution is 0.0694. The summed E-state index contributed by atoms with van der Waals surface area (Å²) in [7, 11) is 0. The molecule has 0 aliphatic rings. The number of rotatable bonds is 10. The molecule has 1 rings (SSSR count). The van der Waals surface area contributed by atoms with E-state index in [2.05, 4.69) is 41.0 Å². The molecule has 6 nitrogen and oxygen atoms in total. The summed E-state index contributed by atoms with van der Waals surface area (Å²) in [5.74, 6) is -0.985. The topological polar surface area (TPSA) is 78.3 Å². The van der Waals surface area contributed by atoms with Crippen LogP contribution in [0.3, 0.4) is 0 Å². The number of nitrogens with one attached hydrogen (secondary N) is 1. The van der Waals surface area contributed by atoms with E-state index in [0.29, 0.717) is 18.3 Å². The predicted molar refractivity (Wildman–Crippen MR) is 82.3 cm³/mol. The molecule has 0 saturated heterocycles. The second-order valence-corrected chi connectivity index (χ2v) is 5.14. The van der Waals surface area contributed by atoms with Crippen molar-refractivity contribution >= 4 is 5.97 Å². The van der Waals surface area contributed by atoms with Crippen LogP contribution in [-0.4, -0.2) is 51.6 Å². The Bertz CT molecular complexity index is 435. The van der Waals surface area contributed by atoms with Crippen LogP contribution in [0.4, 0.5) is 0 Å². The van der Waals surface area contributed by atoms with Crippen molar-refractivity contribution < 1.29 is 9.90 Å². The smallest absolute Gasteiger partial charge is 0.339 e. The maximum Gasteiger partial charge on any atom is 0.339 e. The van der Waals surface area contributed by atoms with E-state index in [9.17, 15) is 4.79 Å². The van der Waals surface area contributed by atoms with Crippen molar-refractivity contribution in [3.8, 4) is 0 Å². The van der Waals surface area contributed by atoms with Gasteiger partial charge in [0, 0.05) is 18.8 Å². The van der Waals surface area contributed by atoms with Gasteiger partial charge in [0.05, 0.1) is 5.69 Å². The van der Waals surface area contributed by atoms with Gasteiger partial charge in [-0.05, 0) is 39.4 Å². The third-order valence-electron chi connectivity index (χ3n) is 3.65. The maximum atomic E-state index is 11.1. The van der Waals surface area contributed by atoms with Crippen LogP contribution in [0.15, 0.2) is 12.5 Å². The van der Waals surface area contributed by atoms with Crippen molar-refractivity contribution in [1.29, 1.82) is 0 Å². The number of hydrogen-bond acceptors (Lipinski definition) is 5. The van der Waals surface area contributed by atoms with E-state index in [4.69, 9.17) is 5.11 Å². The van der Waals surface area contributed by atoms with Gasteiger partial charge >= 0.3 is 5.97 Å². The van der Waals surface area contributed by atoms with Crippen LogP contribution >= 0.6 is 0 Å². The molecule has 0 bridgehead atoms. The van der Waals surface area contributed by atoms with Crippen LogP contribution in [0, 0.1) is 0 Å². The van der Waals surface area contributed by atoms with Gasteiger partial charge in [-0.2, -0.15) is 0 Å². The van der Waals surface area contributed by atoms with Crippen LogP contribution < -0.4 is 5.32 Å². The fourth-order valence-corrected chi connectivity index (χ4v) is 2.21. The number of carbonyl (C=O) groups is 1. The van der Waals surface area contributed by atoms with Gasteiger partial charge in [-0.25, -0.2) is 14.8 Å². The second-order valence-electron chi connectivity index (χ2n) is 5.14. The highest BCUT2D eigenvalue weighted by atomic mass is 16.4. The van der Waals surface area contributed by atoms with Gasteiger partial charge < -0.3 is 15.3 Å². The number of aromatic carboxylic acids is 1. The van der Waals surface area contributed by atoms with Crippen LogP contribution in [0.1, 0.15) is 49.7 Å². The highest BCUT2D eigenvalue weighted by Crippen LogP contribution is 2.05. The van der Waals surface area contributed by atoms with Gasteiger partial charge in [-0.3, -0.25) is 0 Å². The summed E-state index contributed by atoms with van der Waals surface area (Å²) in [6.07, 6.45) is 4.92. The molecule has 0 aliphatic carbocycles. The minimum atomic E-state index is -0.985. The van der Waals surface area contributed by atoms with Crippen LogP contribution in [0.2, 0.25) is 0 Å². The van der Waals surface area contributed by atoms with Crippen LogP contribution in [0.5, 0.6) is 0 Å². The number of carboxylic acids is 1. The number of nitrogens with zero attached hydrogens (tertiary/aromatic N) is 3. The van der Waals surface area contributed by atoms with Gasteiger partial charge in [0.25, 0.3) is 0 Å². The Hall–Kier alpha value is -1.53. The van der Waals surface area contributed by atoms with Gasteiger partial charge in [-0.15, -0.1) is 0 Å². The van der Waals surface area contributed by atoms with Crippen molar-refractivity contribution in [2.75, 3.05) is 19.6 Å². The fraction of sp³-hybridized carbons (Fsp3) is 0.667. The molecule has 1 atom stereocenters. The van der Waals surface area contributed by atoms with Gasteiger partial charge in [0.1, 0.15) is 11.9 Å². The third-order valence-corrected chi connectivity index (χ3v) is 3.65. The summed E-state index contributed by atoms with van der Waals surface area (Å²) in [6, 6.07) is 0.331. The van der Waals surface area contributed by atoms with E-state index in [1.165, 1.54) is 12.5 Å². The molecule has 0 fully saturated rings. The summed E-state index contributed by atoms with van der Waals surface area (Å²) >= 11 is 0. The summed E-state index contributed by atoms with van der Waals surface area (Å²) < 4.78 is 0. The summed E-state index contributed by atoms with van der Waals surface area (Å²) in [6.45, 7) is 10.2. The van der Waals surface area contributed by atoms with Crippen LogP contribution in [0.25, 0.3) is 0 Å². The quantitative estimate of drug-likeness (QED) is 0.685. The highest BCUT2D eigenvalue weighted by Gasteiger charge is 2.12. The Morgan fingerprint density at radius 3 is 2.76 bits per heavy atom. The number of carboxylic acid groups (broad SMARTS) is 1. The second kappa shape index (κ2) is 9.41. The molecule has 0 spiro atoms. The van der Waals surface area contributed by atoms with Crippen LogP contribution in [-0.2, 0) is 6.54 Å². The van der Waals surface area contributed by atoms with Crippen molar-refractivity contribution in [3.05, 3.63) is 23.8 Å². The molecule has 6 heteroatoms. The van der Waals surface area contributed by atoms with E-state index in [1.807, 2.05) is 0 Å². The zero-order valence-corrected chi connectivity index (χ0v) is 13.2. The molecule has 0 amide bonds. The average molecular weight is 294 g/mol. The normalized spacial score (nSPS) is 12.6. The van der Waals surface area contributed by atoms with E-state index >= 15 is 0 Å². The number of aromatic nitrogens is 2. The Morgan fingerprint density at radius 1 is 1.43 bits per heavy atom. The zero-order chi connectivity index (χ0) is 15.7. The Morgan fingerprint density at radius 2 is 2.14 bits per heavy atom. The van der Waals surface area contributed by atoms with Gasteiger partial charge in [0.15, 0.2) is 0 Å². The van der Waals surface area contributed by atoms with Crippen molar-refractivity contribution in [1.82, 2.24) is 20.2 Å². The van der Waals surface area contributed by atoms with E-state index < -0.39 is 5.97 Å². The molecule has 0 radical (unpaired) electrons. The maximum absolute atomic E-state index is 11.1. The molecule has 0 aromatic carbocycles. The molecular formula is C15H26N4O2. The van der Waals surface area contributed by atoms with Crippen molar-refractivity contribution in [2.24, 2.45) is 0 Å². The minimum absolute atomic E-state index is 0.167. The fourth-order valence-electron chi connectivity index (χ4n) is 2.21. The SMILES string of the molecule is CCN(CC)CCCC(C)NCc1ncncc1C(=O)O. The van der Waals surface area contributed by atoms with Crippen molar-refractivity contribution in [2.45, 2.75) is 46.2 Å². The lowest BCUT2D eigenvalue weighted by atomic mass is 10.1. The summed E-state index contributed by atoms with van der Waals surface area (Å²) in [5.41, 5.74) is 0.702. The van der Waals surface area contributed by atoms with Crippen molar-refractivity contribution in [3.63, 3.8) is 0 Å². The third kappa shape index (κ3) is 6.18. The Labute approximate surface area is 126 Å². The Kier molecular flexibility index (Phi) is 7.85. The van der Waals surface area contributed by atoms with E-state index in [-0.39, 0.29) is 5.56 Å². The highest BCUT2D eigenvalue weighted by molar-refractivity contribution is 5.88. The predicted octanol–water partition coefficient (Wildman–Crippen LogP) is 1.77. The van der Waals surface area contributed by atoms with Gasteiger partial charge in [-0.1, -0.05) is 13.8 Å². The first kappa shape index (κ1) is 17.5. The largest absolute Gasteiger partial charge is 0.478 e. The number of hydrogen-bond donors (Lipinski definition) is 2. The standard InChI is InChI=1S/C15H26N4O2/c1-4-19(5-2)8-6-7-12(3)17-10-14-13(15(20)21)9-16-11-18-14/h9,11-12,17H,4-8,10H2,1-3H3,(H,20,21). The summed E-state index contributed by atoms with van der Waals surface area (Å²) in [5, 5.41) is 12.4. The van der Waals surface area contributed by atoms with E-state index in [0.717, 1.165) is 32.5 Å². The summed E-state index contributed by atoms with van der Waals surface area (Å²) in [4.78, 5) is 21.3. The monoisotopic (exact) mass is 294 g/mol. The Balaban J connectivity index is 2.36. The molecule has 118 valence electrons. The molecule has 0 saturated carbocycles. The molecule has 21 heavy (non-hydrogen) atoms. The minimum Gasteiger partial charge on any atom is -0.478 e. The molecular weight excluding hydrogens is 268 g/mol. The molecule has 1 heterocycles. The molecule has 1 unspecified atom stereocenters. The molecule has 1 aromatic heterocycles. The molecule has 1 aromatic rings. The molecule has 0 aliphatic heterocycles. The average Bonchev–Trinajstić information content (AvgIpc) is 2.49. The first-order valence-corrected chi connectivity index (χ1v) is 7.56. The molecule has 2 N–H and O–H groups in total.